The number of methoxy groups -OCH3 is 2. The van der Waals surface area contributed by atoms with E-state index in [-0.39, 0.29) is 5.41 Å². The third-order valence-electron chi connectivity index (χ3n) is 3.79. The fourth-order valence-electron chi connectivity index (χ4n) is 2.37. The number of allylic oxidation sites excluding steroid dienone is 5. The van der Waals surface area contributed by atoms with Crippen molar-refractivity contribution >= 4 is 0 Å². The Bertz CT molecular complexity index is 563. The van der Waals surface area contributed by atoms with Crippen LogP contribution in [0.2, 0.25) is 0 Å². The van der Waals surface area contributed by atoms with Crippen LogP contribution in [0.1, 0.15) is 33.3 Å². The first-order valence-corrected chi connectivity index (χ1v) is 7.60. The molecule has 0 N–H and O–H groups in total. The summed E-state index contributed by atoms with van der Waals surface area (Å²) in [7, 11) is 3.37. The summed E-state index contributed by atoms with van der Waals surface area (Å²) in [6, 6.07) is 5.89. The normalized spacial score (nSPS) is 12.8. The van der Waals surface area contributed by atoms with Gasteiger partial charge in [0.15, 0.2) is 0 Å². The van der Waals surface area contributed by atoms with E-state index in [4.69, 9.17) is 9.47 Å². The molecule has 0 fully saturated rings. The molecule has 0 aliphatic rings. The first-order chi connectivity index (χ1) is 10.4. The molecule has 0 spiro atoms. The molecule has 0 saturated carbocycles. The molecule has 1 aromatic rings. The van der Waals surface area contributed by atoms with E-state index < -0.39 is 0 Å². The molecule has 0 aliphatic heterocycles. The number of ether oxygens (including phenoxy) is 2. The lowest BCUT2D eigenvalue weighted by molar-refractivity contribution is 0.391. The Morgan fingerprint density at radius 3 is 2.36 bits per heavy atom. The Morgan fingerprint density at radius 1 is 1.18 bits per heavy atom. The molecule has 1 aromatic carbocycles. The molecule has 0 aromatic heterocycles. The van der Waals surface area contributed by atoms with E-state index in [0.717, 1.165) is 22.6 Å². The summed E-state index contributed by atoms with van der Waals surface area (Å²) in [6.45, 7) is 12.6. The molecule has 0 saturated heterocycles. The standard InChI is InChI=1S/C20H28O2/c1-8-16(11-9-10-15(2)3)20(4,5)18-14-17(21-6)12-13-19(18)22-7/h8-15H,1H2,2-7H3/b10-9-,16-11+. The van der Waals surface area contributed by atoms with Gasteiger partial charge in [0.1, 0.15) is 11.5 Å². The second kappa shape index (κ2) is 7.88. The molecular weight excluding hydrogens is 272 g/mol. The van der Waals surface area contributed by atoms with Gasteiger partial charge in [-0.25, -0.2) is 0 Å². The van der Waals surface area contributed by atoms with E-state index >= 15 is 0 Å². The highest BCUT2D eigenvalue weighted by molar-refractivity contribution is 5.51. The molecule has 1 rings (SSSR count). The van der Waals surface area contributed by atoms with Gasteiger partial charge in [-0.05, 0) is 29.7 Å². The number of rotatable bonds is 7. The van der Waals surface area contributed by atoms with E-state index in [1.807, 2.05) is 24.3 Å². The van der Waals surface area contributed by atoms with Gasteiger partial charge in [-0.2, -0.15) is 0 Å². The van der Waals surface area contributed by atoms with Gasteiger partial charge in [-0.1, -0.05) is 58.6 Å². The molecular formula is C20H28O2. The first-order valence-electron chi connectivity index (χ1n) is 7.60. The summed E-state index contributed by atoms with van der Waals surface area (Å²) >= 11 is 0. The monoisotopic (exact) mass is 300 g/mol. The van der Waals surface area contributed by atoms with Crippen molar-refractivity contribution in [3.63, 3.8) is 0 Å². The van der Waals surface area contributed by atoms with Crippen molar-refractivity contribution < 1.29 is 9.47 Å². The van der Waals surface area contributed by atoms with Gasteiger partial charge in [0.2, 0.25) is 0 Å². The van der Waals surface area contributed by atoms with Crippen LogP contribution < -0.4 is 9.47 Å². The average Bonchev–Trinajstić information content (AvgIpc) is 2.50. The van der Waals surface area contributed by atoms with Crippen molar-refractivity contribution in [2.75, 3.05) is 14.2 Å². The van der Waals surface area contributed by atoms with Crippen molar-refractivity contribution in [1.82, 2.24) is 0 Å². The summed E-state index contributed by atoms with van der Waals surface area (Å²) in [6.07, 6.45) is 8.29. The molecule has 2 nitrogen and oxygen atoms in total. The van der Waals surface area contributed by atoms with Crippen LogP contribution in [0.25, 0.3) is 0 Å². The molecule has 22 heavy (non-hydrogen) atoms. The van der Waals surface area contributed by atoms with Crippen LogP contribution in [0.3, 0.4) is 0 Å². The quantitative estimate of drug-likeness (QED) is 0.636. The molecule has 0 heterocycles. The van der Waals surface area contributed by atoms with Crippen LogP contribution in [0.5, 0.6) is 11.5 Å². The summed E-state index contributed by atoms with van der Waals surface area (Å²) in [5.41, 5.74) is 1.98. The second-order valence-electron chi connectivity index (χ2n) is 6.15. The Balaban J connectivity index is 3.33. The number of benzene rings is 1. The van der Waals surface area contributed by atoms with Crippen molar-refractivity contribution in [1.29, 1.82) is 0 Å². The van der Waals surface area contributed by atoms with Crippen LogP contribution in [0.4, 0.5) is 0 Å². The lowest BCUT2D eigenvalue weighted by Crippen LogP contribution is -2.20. The SMILES string of the molecule is C=C/C(=C\C=C/C(C)C)C(C)(C)c1cc(OC)ccc1OC. The summed E-state index contributed by atoms with van der Waals surface area (Å²) < 4.78 is 10.9. The Hall–Kier alpha value is -1.96. The Kier molecular flexibility index (Phi) is 6.48. The van der Waals surface area contributed by atoms with Gasteiger partial charge in [0, 0.05) is 11.0 Å². The zero-order valence-corrected chi connectivity index (χ0v) is 14.6. The van der Waals surface area contributed by atoms with Crippen molar-refractivity contribution in [3.05, 3.63) is 60.2 Å². The van der Waals surface area contributed by atoms with E-state index in [2.05, 4.69) is 52.5 Å². The van der Waals surface area contributed by atoms with E-state index in [9.17, 15) is 0 Å². The van der Waals surface area contributed by atoms with E-state index in [1.54, 1.807) is 14.2 Å². The zero-order chi connectivity index (χ0) is 16.8. The lowest BCUT2D eigenvalue weighted by Gasteiger charge is -2.29. The summed E-state index contributed by atoms with van der Waals surface area (Å²) in [5.74, 6) is 2.20. The van der Waals surface area contributed by atoms with Crippen LogP contribution in [0, 0.1) is 5.92 Å². The highest BCUT2D eigenvalue weighted by atomic mass is 16.5. The van der Waals surface area contributed by atoms with E-state index in [0.29, 0.717) is 5.92 Å². The highest BCUT2D eigenvalue weighted by Gasteiger charge is 2.27. The molecule has 0 atom stereocenters. The maximum absolute atomic E-state index is 5.53. The zero-order valence-electron chi connectivity index (χ0n) is 14.6. The van der Waals surface area contributed by atoms with Crippen LogP contribution in [-0.2, 0) is 5.41 Å². The summed E-state index contributed by atoms with van der Waals surface area (Å²) in [4.78, 5) is 0. The second-order valence-corrected chi connectivity index (χ2v) is 6.15. The van der Waals surface area contributed by atoms with Crippen molar-refractivity contribution in [3.8, 4) is 11.5 Å². The molecule has 120 valence electrons. The van der Waals surface area contributed by atoms with Crippen molar-refractivity contribution in [2.24, 2.45) is 5.92 Å². The van der Waals surface area contributed by atoms with Gasteiger partial charge < -0.3 is 9.47 Å². The third kappa shape index (κ3) is 4.27. The number of hydrogen-bond acceptors (Lipinski definition) is 2. The summed E-state index contributed by atoms with van der Waals surface area (Å²) in [5, 5.41) is 0. The smallest absolute Gasteiger partial charge is 0.123 e. The maximum Gasteiger partial charge on any atom is 0.123 e. The minimum atomic E-state index is -0.233. The Labute approximate surface area is 135 Å². The van der Waals surface area contributed by atoms with Gasteiger partial charge in [-0.15, -0.1) is 0 Å². The maximum atomic E-state index is 5.53. The largest absolute Gasteiger partial charge is 0.497 e. The molecule has 2 heteroatoms. The third-order valence-corrected chi connectivity index (χ3v) is 3.79. The molecule has 0 unspecified atom stereocenters. The average molecular weight is 300 g/mol. The Morgan fingerprint density at radius 2 is 1.86 bits per heavy atom. The predicted molar refractivity (Wildman–Crippen MR) is 94.8 cm³/mol. The van der Waals surface area contributed by atoms with Gasteiger partial charge in [-0.3, -0.25) is 0 Å². The van der Waals surface area contributed by atoms with Gasteiger partial charge >= 0.3 is 0 Å². The minimum Gasteiger partial charge on any atom is -0.497 e. The van der Waals surface area contributed by atoms with Crippen LogP contribution in [-0.4, -0.2) is 14.2 Å². The number of hydrogen-bond donors (Lipinski definition) is 0. The predicted octanol–water partition coefficient (Wildman–Crippen LogP) is 5.31. The fraction of sp³-hybridized carbons (Fsp3) is 0.400. The lowest BCUT2D eigenvalue weighted by atomic mass is 9.76. The minimum absolute atomic E-state index is 0.233. The van der Waals surface area contributed by atoms with Gasteiger partial charge in [0.05, 0.1) is 14.2 Å². The van der Waals surface area contributed by atoms with Gasteiger partial charge in [0.25, 0.3) is 0 Å². The molecule has 0 aliphatic carbocycles. The topological polar surface area (TPSA) is 18.5 Å². The van der Waals surface area contributed by atoms with Crippen molar-refractivity contribution in [2.45, 2.75) is 33.1 Å². The molecule has 0 bridgehead atoms. The molecule has 0 radical (unpaired) electrons. The van der Waals surface area contributed by atoms with Crippen LogP contribution in [0.15, 0.2) is 54.7 Å². The van der Waals surface area contributed by atoms with Crippen LogP contribution >= 0.6 is 0 Å². The van der Waals surface area contributed by atoms with E-state index in [1.165, 1.54) is 0 Å². The highest BCUT2D eigenvalue weighted by Crippen LogP contribution is 2.39. The first kappa shape index (κ1) is 18.1. The molecule has 0 amide bonds. The fourth-order valence-corrected chi connectivity index (χ4v) is 2.37.